The van der Waals surface area contributed by atoms with Crippen LogP contribution in [0.1, 0.15) is 5.56 Å². The number of pyridine rings is 1. The molecule has 0 fully saturated rings. The molecule has 5 heteroatoms. The minimum atomic E-state index is 0.445. The van der Waals surface area contributed by atoms with E-state index in [1.807, 2.05) is 47.1 Å². The SMILES string of the molecule is NCc1cnn(-c2ccc(Br)cn2)c1-c1ccccc1. The minimum absolute atomic E-state index is 0.445. The summed E-state index contributed by atoms with van der Waals surface area (Å²) in [5.74, 6) is 0.770. The summed E-state index contributed by atoms with van der Waals surface area (Å²) in [6.07, 6.45) is 3.56. The summed E-state index contributed by atoms with van der Waals surface area (Å²) < 4.78 is 2.76. The molecule has 20 heavy (non-hydrogen) atoms. The van der Waals surface area contributed by atoms with E-state index in [2.05, 4.69) is 26.0 Å². The Morgan fingerprint density at radius 3 is 2.50 bits per heavy atom. The van der Waals surface area contributed by atoms with Gasteiger partial charge in [0.15, 0.2) is 5.82 Å². The number of halogens is 1. The Kier molecular flexibility index (Phi) is 3.62. The molecule has 0 amide bonds. The number of aromatic nitrogens is 3. The maximum Gasteiger partial charge on any atom is 0.154 e. The van der Waals surface area contributed by atoms with Gasteiger partial charge in [-0.15, -0.1) is 0 Å². The molecule has 0 unspecified atom stereocenters. The van der Waals surface area contributed by atoms with Crippen LogP contribution in [0.15, 0.2) is 59.3 Å². The van der Waals surface area contributed by atoms with Crippen LogP contribution in [-0.2, 0) is 6.54 Å². The second-order valence-corrected chi connectivity index (χ2v) is 5.25. The Balaban J connectivity index is 2.17. The number of nitrogens with zero attached hydrogens (tertiary/aromatic N) is 3. The number of hydrogen-bond acceptors (Lipinski definition) is 3. The highest BCUT2D eigenvalue weighted by atomic mass is 79.9. The highest BCUT2D eigenvalue weighted by molar-refractivity contribution is 9.10. The van der Waals surface area contributed by atoms with Gasteiger partial charge < -0.3 is 5.73 Å². The first kappa shape index (κ1) is 13.0. The van der Waals surface area contributed by atoms with Gasteiger partial charge in [0.2, 0.25) is 0 Å². The molecule has 0 aliphatic heterocycles. The minimum Gasteiger partial charge on any atom is -0.326 e. The Morgan fingerprint density at radius 2 is 1.85 bits per heavy atom. The van der Waals surface area contributed by atoms with Gasteiger partial charge in [-0.1, -0.05) is 30.3 Å². The average molecular weight is 329 g/mol. The predicted octanol–water partition coefficient (Wildman–Crippen LogP) is 3.16. The maximum atomic E-state index is 5.82. The van der Waals surface area contributed by atoms with E-state index in [0.29, 0.717) is 6.54 Å². The number of nitrogens with two attached hydrogens (primary N) is 1. The molecule has 2 N–H and O–H groups in total. The third-order valence-electron chi connectivity index (χ3n) is 3.04. The summed E-state index contributed by atoms with van der Waals surface area (Å²) >= 11 is 3.39. The number of hydrogen-bond donors (Lipinski definition) is 1. The molecule has 0 saturated heterocycles. The first-order valence-corrected chi connectivity index (χ1v) is 7.03. The Hall–Kier alpha value is -1.98. The van der Waals surface area contributed by atoms with Crippen molar-refractivity contribution in [3.63, 3.8) is 0 Å². The van der Waals surface area contributed by atoms with Crippen molar-refractivity contribution in [2.75, 3.05) is 0 Å². The van der Waals surface area contributed by atoms with Crippen molar-refractivity contribution in [3.8, 4) is 17.1 Å². The first-order valence-electron chi connectivity index (χ1n) is 6.24. The zero-order valence-corrected chi connectivity index (χ0v) is 12.3. The predicted molar refractivity (Wildman–Crippen MR) is 82.4 cm³/mol. The summed E-state index contributed by atoms with van der Waals surface area (Å²) in [6, 6.07) is 14.0. The van der Waals surface area contributed by atoms with Crippen molar-refractivity contribution in [3.05, 3.63) is 64.9 Å². The summed E-state index contributed by atoms with van der Waals surface area (Å²) in [5, 5.41) is 4.42. The first-order chi connectivity index (χ1) is 9.79. The molecule has 100 valence electrons. The maximum absolute atomic E-state index is 5.82. The van der Waals surface area contributed by atoms with Crippen LogP contribution < -0.4 is 5.73 Å². The molecule has 0 aliphatic rings. The quantitative estimate of drug-likeness (QED) is 0.803. The van der Waals surface area contributed by atoms with Crippen LogP contribution in [0.5, 0.6) is 0 Å². The molecule has 2 aromatic heterocycles. The van der Waals surface area contributed by atoms with Gasteiger partial charge in [0.1, 0.15) is 0 Å². The molecule has 0 atom stereocenters. The van der Waals surface area contributed by atoms with Gasteiger partial charge in [0.05, 0.1) is 11.9 Å². The van der Waals surface area contributed by atoms with Gasteiger partial charge in [-0.05, 0) is 28.1 Å². The summed E-state index contributed by atoms with van der Waals surface area (Å²) in [4.78, 5) is 4.40. The third kappa shape index (κ3) is 2.37. The van der Waals surface area contributed by atoms with Crippen molar-refractivity contribution in [2.24, 2.45) is 5.73 Å². The van der Waals surface area contributed by atoms with Crippen LogP contribution in [-0.4, -0.2) is 14.8 Å². The summed E-state index contributed by atoms with van der Waals surface area (Å²) in [6.45, 7) is 0.445. The highest BCUT2D eigenvalue weighted by Crippen LogP contribution is 2.25. The molecule has 0 saturated carbocycles. The van der Waals surface area contributed by atoms with Gasteiger partial charge in [0.25, 0.3) is 0 Å². The van der Waals surface area contributed by atoms with E-state index in [4.69, 9.17) is 5.73 Å². The molecule has 4 nitrogen and oxygen atoms in total. The van der Waals surface area contributed by atoms with Gasteiger partial charge in [-0.25, -0.2) is 9.67 Å². The van der Waals surface area contributed by atoms with E-state index in [-0.39, 0.29) is 0 Å². The summed E-state index contributed by atoms with van der Waals surface area (Å²) in [7, 11) is 0. The van der Waals surface area contributed by atoms with Crippen LogP contribution >= 0.6 is 15.9 Å². The zero-order valence-electron chi connectivity index (χ0n) is 10.7. The largest absolute Gasteiger partial charge is 0.326 e. The lowest BCUT2D eigenvalue weighted by atomic mass is 10.1. The van der Waals surface area contributed by atoms with Gasteiger partial charge >= 0.3 is 0 Å². The average Bonchev–Trinajstić information content (AvgIpc) is 2.93. The second kappa shape index (κ2) is 5.56. The van der Waals surface area contributed by atoms with Crippen molar-refractivity contribution in [2.45, 2.75) is 6.54 Å². The third-order valence-corrected chi connectivity index (χ3v) is 3.51. The molecule has 3 aromatic rings. The molecule has 2 heterocycles. The van der Waals surface area contributed by atoms with Crippen molar-refractivity contribution in [1.29, 1.82) is 0 Å². The van der Waals surface area contributed by atoms with Crippen LogP contribution in [0.25, 0.3) is 17.1 Å². The molecule has 0 radical (unpaired) electrons. The van der Waals surface area contributed by atoms with Gasteiger partial charge in [-0.3, -0.25) is 0 Å². The molecule has 3 rings (SSSR count). The number of rotatable bonds is 3. The Morgan fingerprint density at radius 1 is 1.05 bits per heavy atom. The Labute approximate surface area is 125 Å². The van der Waals surface area contributed by atoms with Gasteiger partial charge in [0, 0.05) is 28.3 Å². The van der Waals surface area contributed by atoms with E-state index in [1.165, 1.54) is 0 Å². The topological polar surface area (TPSA) is 56.7 Å². The molecular weight excluding hydrogens is 316 g/mol. The van der Waals surface area contributed by atoms with Crippen molar-refractivity contribution >= 4 is 15.9 Å². The standard InChI is InChI=1S/C15H13BrN4/c16-13-6-7-14(18-10-13)20-15(12(8-17)9-19-20)11-4-2-1-3-5-11/h1-7,9-10H,8,17H2. The molecular formula is C15H13BrN4. The molecule has 0 aliphatic carbocycles. The number of benzene rings is 1. The zero-order chi connectivity index (χ0) is 13.9. The van der Waals surface area contributed by atoms with Crippen LogP contribution in [0.4, 0.5) is 0 Å². The van der Waals surface area contributed by atoms with Crippen molar-refractivity contribution in [1.82, 2.24) is 14.8 Å². The highest BCUT2D eigenvalue weighted by Gasteiger charge is 2.13. The van der Waals surface area contributed by atoms with E-state index in [0.717, 1.165) is 27.1 Å². The lowest BCUT2D eigenvalue weighted by Gasteiger charge is -2.08. The van der Waals surface area contributed by atoms with Crippen LogP contribution in [0, 0.1) is 0 Å². The fourth-order valence-corrected chi connectivity index (χ4v) is 2.34. The fourth-order valence-electron chi connectivity index (χ4n) is 2.10. The van der Waals surface area contributed by atoms with E-state index in [1.54, 1.807) is 12.4 Å². The second-order valence-electron chi connectivity index (χ2n) is 4.33. The van der Waals surface area contributed by atoms with E-state index < -0.39 is 0 Å². The van der Waals surface area contributed by atoms with E-state index in [9.17, 15) is 0 Å². The van der Waals surface area contributed by atoms with Crippen LogP contribution in [0.2, 0.25) is 0 Å². The monoisotopic (exact) mass is 328 g/mol. The normalized spacial score (nSPS) is 10.7. The van der Waals surface area contributed by atoms with E-state index >= 15 is 0 Å². The Bertz CT molecular complexity index is 704. The smallest absolute Gasteiger partial charge is 0.154 e. The molecule has 0 bridgehead atoms. The van der Waals surface area contributed by atoms with Gasteiger partial charge in [-0.2, -0.15) is 5.10 Å². The lowest BCUT2D eigenvalue weighted by molar-refractivity contribution is 0.852. The lowest BCUT2D eigenvalue weighted by Crippen LogP contribution is -2.04. The van der Waals surface area contributed by atoms with Crippen molar-refractivity contribution < 1.29 is 0 Å². The fraction of sp³-hybridized carbons (Fsp3) is 0.0667. The summed E-state index contributed by atoms with van der Waals surface area (Å²) in [5.41, 5.74) is 8.89. The van der Waals surface area contributed by atoms with Crippen LogP contribution in [0.3, 0.4) is 0 Å². The molecule has 1 aromatic carbocycles. The molecule has 0 spiro atoms.